The summed E-state index contributed by atoms with van der Waals surface area (Å²) in [6.07, 6.45) is 0. The van der Waals surface area contributed by atoms with Gasteiger partial charge in [-0.25, -0.2) is 15.0 Å². The van der Waals surface area contributed by atoms with E-state index in [0.717, 1.165) is 88.5 Å². The van der Waals surface area contributed by atoms with Gasteiger partial charge in [-0.2, -0.15) is 0 Å². The third kappa shape index (κ3) is 6.83. The Labute approximate surface area is 439 Å². The fraction of sp³-hybridized carbons (Fsp3) is 0. The summed E-state index contributed by atoms with van der Waals surface area (Å²) in [7, 11) is 0. The minimum absolute atomic E-state index is 0.552. The number of thiophene rings is 1. The Bertz CT molecular complexity index is 4990. The smallest absolute Gasteiger partial charge is 0.164 e. The summed E-state index contributed by atoms with van der Waals surface area (Å²) in [5, 5.41) is 9.05. The van der Waals surface area contributed by atoms with Crippen LogP contribution < -0.4 is 0 Å². The van der Waals surface area contributed by atoms with Gasteiger partial charge in [0.15, 0.2) is 17.5 Å². The van der Waals surface area contributed by atoms with E-state index in [9.17, 15) is 0 Å². The summed E-state index contributed by atoms with van der Waals surface area (Å²) in [4.78, 5) is 15.7. The van der Waals surface area contributed by atoms with Crippen molar-refractivity contribution in [3.8, 4) is 73.2 Å². The lowest BCUT2D eigenvalue weighted by atomic mass is 9.98. The van der Waals surface area contributed by atoms with Gasteiger partial charge in [-0.05, 0) is 118 Å². The predicted molar refractivity (Wildman–Crippen MR) is 314 cm³/mol. The van der Waals surface area contributed by atoms with Crippen molar-refractivity contribution in [1.29, 1.82) is 0 Å². The second kappa shape index (κ2) is 16.8. The number of para-hydroxylation sites is 3. The van der Waals surface area contributed by atoms with Crippen molar-refractivity contribution < 1.29 is 8.83 Å². The number of aromatic nitrogens is 4. The maximum absolute atomic E-state index is 6.61. The summed E-state index contributed by atoms with van der Waals surface area (Å²) >= 11 is 1.84. The van der Waals surface area contributed by atoms with E-state index in [4.69, 9.17) is 23.8 Å². The zero-order valence-electron chi connectivity index (χ0n) is 40.6. The lowest BCUT2D eigenvalue weighted by Gasteiger charge is -2.10. The van der Waals surface area contributed by atoms with E-state index in [1.165, 1.54) is 53.1 Å². The molecule has 6 nitrogen and oxygen atoms in total. The second-order valence-electron chi connectivity index (χ2n) is 19.5. The SMILES string of the molecule is c1ccc(-c2ccc(-c3nc(-c4ccc5c(c4)oc4ccccc45)nc(-c4cccc5oc6ccc(-c7ccc8sc9cc(-c%10ccc%11c(c%10)c%10ccccc%10n%11-c%10ccccc%10)ccc9c8c7)cc6c45)n3)cc2)cc1. The van der Waals surface area contributed by atoms with Crippen LogP contribution in [0.15, 0.2) is 251 Å². The molecule has 0 aliphatic carbocycles. The van der Waals surface area contributed by atoms with Crippen LogP contribution in [-0.2, 0) is 0 Å². The van der Waals surface area contributed by atoms with Crippen LogP contribution >= 0.6 is 11.3 Å². The Hall–Kier alpha value is -9.95. The Morgan fingerprint density at radius 3 is 1.70 bits per heavy atom. The van der Waals surface area contributed by atoms with Crippen molar-refractivity contribution in [3.05, 3.63) is 243 Å². The molecule has 0 saturated heterocycles. The molecule has 0 unspecified atom stereocenters. The van der Waals surface area contributed by atoms with Gasteiger partial charge in [-0.15, -0.1) is 11.3 Å². The first-order chi connectivity index (χ1) is 37.6. The van der Waals surface area contributed by atoms with E-state index in [1.807, 2.05) is 53.8 Å². The Balaban J connectivity index is 0.791. The zero-order valence-corrected chi connectivity index (χ0v) is 41.4. The van der Waals surface area contributed by atoms with Gasteiger partial charge in [0.25, 0.3) is 0 Å². The Morgan fingerprint density at radius 1 is 0.289 bits per heavy atom. The van der Waals surface area contributed by atoms with Gasteiger partial charge in [0, 0.05) is 74.9 Å². The highest BCUT2D eigenvalue weighted by molar-refractivity contribution is 7.25. The fourth-order valence-corrected chi connectivity index (χ4v) is 12.5. The quantitative estimate of drug-likeness (QED) is 0.159. The average Bonchev–Trinajstić information content (AvgIpc) is 4.30. The molecular formula is C69H40N4O2S. The van der Waals surface area contributed by atoms with Gasteiger partial charge in [0.1, 0.15) is 22.3 Å². The zero-order chi connectivity index (χ0) is 49.8. The van der Waals surface area contributed by atoms with Gasteiger partial charge in [-0.1, -0.05) is 158 Å². The number of nitrogens with zero attached hydrogens (tertiary/aromatic N) is 4. The molecule has 354 valence electrons. The standard InChI is InChI=1S/C69H40N4O2S/c1-3-12-41(13-4-1)42-22-24-43(25-23-42)67-70-68(48-27-31-52-51-17-8-10-20-60(51)75-63(52)39-48)72-69(71-67)54-18-11-21-62-66(54)57-38-45(29-34-61(57)74-62)46-30-35-64-56(37-46)53-32-26-47(40-65(53)76-64)44-28-33-59-55(36-44)50-16-7-9-19-58(50)73(59)49-14-5-2-6-15-49/h1-40H. The van der Waals surface area contributed by atoms with Crippen molar-refractivity contribution in [1.82, 2.24) is 19.5 Å². The number of fused-ring (bicyclic) bond motifs is 12. The highest BCUT2D eigenvalue weighted by Gasteiger charge is 2.21. The number of hydrogen-bond acceptors (Lipinski definition) is 6. The second-order valence-corrected chi connectivity index (χ2v) is 20.6. The molecule has 0 aliphatic heterocycles. The summed E-state index contributed by atoms with van der Waals surface area (Å²) in [6, 6.07) is 85.8. The number of furan rings is 2. The van der Waals surface area contributed by atoms with Crippen LogP contribution in [-0.4, -0.2) is 19.5 Å². The van der Waals surface area contributed by atoms with Gasteiger partial charge < -0.3 is 13.4 Å². The minimum Gasteiger partial charge on any atom is -0.456 e. The largest absolute Gasteiger partial charge is 0.456 e. The number of benzene rings is 11. The highest BCUT2D eigenvalue weighted by atomic mass is 32.1. The maximum atomic E-state index is 6.61. The normalized spacial score (nSPS) is 11.9. The molecule has 7 heteroatoms. The first-order valence-electron chi connectivity index (χ1n) is 25.5. The van der Waals surface area contributed by atoms with Gasteiger partial charge in [0.05, 0.1) is 11.0 Å². The molecule has 0 bridgehead atoms. The number of rotatable bonds is 7. The molecule has 11 aromatic carbocycles. The predicted octanol–water partition coefficient (Wildman–Crippen LogP) is 19.1. The van der Waals surface area contributed by atoms with E-state index < -0.39 is 0 Å². The van der Waals surface area contributed by atoms with Gasteiger partial charge in [0.2, 0.25) is 0 Å². The summed E-state index contributed by atoms with van der Waals surface area (Å²) in [6.45, 7) is 0. The van der Waals surface area contributed by atoms with Crippen molar-refractivity contribution in [2.24, 2.45) is 0 Å². The molecule has 0 saturated carbocycles. The first-order valence-corrected chi connectivity index (χ1v) is 26.3. The van der Waals surface area contributed by atoms with Crippen LogP contribution in [0.2, 0.25) is 0 Å². The van der Waals surface area contributed by atoms with Crippen LogP contribution in [0, 0.1) is 0 Å². The first kappa shape index (κ1) is 42.5. The maximum Gasteiger partial charge on any atom is 0.164 e. The molecular weight excluding hydrogens is 949 g/mol. The third-order valence-corrected chi connectivity index (χ3v) is 16.2. The summed E-state index contributed by atoms with van der Waals surface area (Å²) in [5.41, 5.74) is 16.2. The molecule has 76 heavy (non-hydrogen) atoms. The molecule has 0 spiro atoms. The van der Waals surface area contributed by atoms with Gasteiger partial charge >= 0.3 is 0 Å². The number of hydrogen-bond donors (Lipinski definition) is 0. The molecule has 0 amide bonds. The van der Waals surface area contributed by atoms with Crippen LogP contribution in [0.4, 0.5) is 0 Å². The topological polar surface area (TPSA) is 69.9 Å². The Kier molecular flexibility index (Phi) is 9.40. The lowest BCUT2D eigenvalue weighted by Crippen LogP contribution is -2.00. The molecule has 0 fully saturated rings. The molecule has 5 aromatic heterocycles. The van der Waals surface area contributed by atoms with Crippen LogP contribution in [0.5, 0.6) is 0 Å². The summed E-state index contributed by atoms with van der Waals surface area (Å²) in [5.74, 6) is 1.68. The molecule has 0 atom stereocenters. The molecule has 16 aromatic rings. The van der Waals surface area contributed by atoms with E-state index >= 15 is 0 Å². The molecule has 16 rings (SSSR count). The van der Waals surface area contributed by atoms with E-state index in [0.29, 0.717) is 17.5 Å². The minimum atomic E-state index is 0.552. The lowest BCUT2D eigenvalue weighted by molar-refractivity contribution is 0.668. The fourth-order valence-electron chi connectivity index (χ4n) is 11.4. The van der Waals surface area contributed by atoms with Crippen molar-refractivity contribution in [2.45, 2.75) is 0 Å². The van der Waals surface area contributed by atoms with E-state index in [1.54, 1.807) is 0 Å². The Morgan fingerprint density at radius 2 is 0.842 bits per heavy atom. The summed E-state index contributed by atoms with van der Waals surface area (Å²) < 4.78 is 17.9. The molecule has 5 heterocycles. The monoisotopic (exact) mass is 988 g/mol. The molecule has 0 N–H and O–H groups in total. The van der Waals surface area contributed by atoms with E-state index in [-0.39, 0.29) is 0 Å². The third-order valence-electron chi connectivity index (χ3n) is 15.1. The van der Waals surface area contributed by atoms with Crippen LogP contribution in [0.25, 0.3) is 159 Å². The van der Waals surface area contributed by atoms with E-state index in [2.05, 4.69) is 205 Å². The van der Waals surface area contributed by atoms with Crippen LogP contribution in [0.3, 0.4) is 0 Å². The highest BCUT2D eigenvalue weighted by Crippen LogP contribution is 2.43. The molecule has 0 radical (unpaired) electrons. The van der Waals surface area contributed by atoms with Crippen molar-refractivity contribution in [2.75, 3.05) is 0 Å². The van der Waals surface area contributed by atoms with Crippen molar-refractivity contribution in [3.63, 3.8) is 0 Å². The van der Waals surface area contributed by atoms with Gasteiger partial charge in [-0.3, -0.25) is 0 Å². The van der Waals surface area contributed by atoms with Crippen molar-refractivity contribution >= 4 is 97.2 Å². The average molecular weight is 989 g/mol. The van der Waals surface area contributed by atoms with Crippen LogP contribution in [0.1, 0.15) is 0 Å². The molecule has 0 aliphatic rings.